The largest absolute Gasteiger partial charge is 0.270 e. The van der Waals surface area contributed by atoms with Gasteiger partial charge in [0, 0.05) is 12.1 Å². The minimum absolute atomic E-state index is 0.142. The zero-order chi connectivity index (χ0) is 12.1. The fourth-order valence-corrected chi connectivity index (χ4v) is 1.47. The summed E-state index contributed by atoms with van der Waals surface area (Å²) in [5.41, 5.74) is 1.25. The van der Waals surface area contributed by atoms with E-state index in [1.165, 1.54) is 6.07 Å². The van der Waals surface area contributed by atoms with Gasteiger partial charge in [-0.15, -0.1) is 0 Å². The van der Waals surface area contributed by atoms with E-state index in [1.54, 1.807) is 12.1 Å². The molecule has 0 amide bonds. The summed E-state index contributed by atoms with van der Waals surface area (Å²) < 4.78 is 0. The van der Waals surface area contributed by atoms with Gasteiger partial charge in [-0.3, -0.25) is 10.1 Å². The van der Waals surface area contributed by atoms with E-state index in [4.69, 9.17) is 0 Å². The van der Waals surface area contributed by atoms with Crippen LogP contribution in [0, 0.1) is 17.0 Å². The predicted octanol–water partition coefficient (Wildman–Crippen LogP) is 4.08. The maximum atomic E-state index is 10.5. The number of nitro benzene ring substituents is 1. The summed E-state index contributed by atoms with van der Waals surface area (Å²) in [4.78, 5) is 10.2. The van der Waals surface area contributed by atoms with Crippen LogP contribution >= 0.6 is 0 Å². The molecule has 0 atom stereocenters. The molecule has 0 radical (unpaired) electrons. The van der Waals surface area contributed by atoms with Crippen molar-refractivity contribution in [3.63, 3.8) is 0 Å². The zero-order valence-electron chi connectivity index (χ0n) is 9.73. The molecule has 84 valence electrons. The van der Waals surface area contributed by atoms with Gasteiger partial charge >= 0.3 is 0 Å². The van der Waals surface area contributed by atoms with Gasteiger partial charge in [-0.2, -0.15) is 0 Å². The third kappa shape index (κ3) is 2.57. The highest BCUT2D eigenvalue weighted by atomic mass is 16.6. The first-order valence-electron chi connectivity index (χ1n) is 5.31. The maximum absolute atomic E-state index is 10.5. The van der Waals surface area contributed by atoms with Crippen LogP contribution in [0.1, 0.15) is 19.4 Å². The average molecular weight is 217 g/mol. The number of fused-ring (bicyclic) bond motifs is 1. The Morgan fingerprint density at radius 1 is 1.00 bits per heavy atom. The van der Waals surface area contributed by atoms with Crippen molar-refractivity contribution >= 4 is 16.5 Å². The second kappa shape index (κ2) is 5.26. The molecule has 0 aromatic heterocycles. The van der Waals surface area contributed by atoms with Gasteiger partial charge in [0.1, 0.15) is 0 Å². The van der Waals surface area contributed by atoms with Crippen LogP contribution in [0.3, 0.4) is 0 Å². The standard InChI is InChI=1S/C11H9NO2.C2H6/c1-8-2-3-9-4-5-11(12(13)14)7-10(9)6-8;1-2/h2-7H,1H3;1-2H3. The molecule has 3 heteroatoms. The smallest absolute Gasteiger partial charge is 0.258 e. The van der Waals surface area contributed by atoms with Crippen molar-refractivity contribution in [2.45, 2.75) is 20.8 Å². The van der Waals surface area contributed by atoms with Gasteiger partial charge in [0.25, 0.3) is 5.69 Å². The Hall–Kier alpha value is -1.90. The highest BCUT2D eigenvalue weighted by Crippen LogP contribution is 2.21. The minimum Gasteiger partial charge on any atom is -0.258 e. The molecular formula is C13H15NO2. The molecule has 0 aliphatic carbocycles. The first kappa shape index (κ1) is 12.2. The summed E-state index contributed by atoms with van der Waals surface area (Å²) in [5, 5.41) is 12.5. The highest BCUT2D eigenvalue weighted by Gasteiger charge is 2.05. The Bertz CT molecular complexity index is 506. The SMILES string of the molecule is CC.Cc1ccc2ccc([N+](=O)[O-])cc2c1. The normalized spacial score (nSPS) is 9.44. The van der Waals surface area contributed by atoms with Crippen molar-refractivity contribution in [2.75, 3.05) is 0 Å². The molecule has 0 heterocycles. The molecule has 0 fully saturated rings. The van der Waals surface area contributed by atoms with Gasteiger partial charge in [-0.25, -0.2) is 0 Å². The molecule has 2 rings (SSSR count). The number of hydrogen-bond donors (Lipinski definition) is 0. The van der Waals surface area contributed by atoms with Crippen molar-refractivity contribution < 1.29 is 4.92 Å². The quantitative estimate of drug-likeness (QED) is 0.533. The number of benzene rings is 2. The summed E-state index contributed by atoms with van der Waals surface area (Å²) >= 11 is 0. The third-order valence-electron chi connectivity index (χ3n) is 2.19. The molecule has 0 saturated carbocycles. The van der Waals surface area contributed by atoms with E-state index in [0.29, 0.717) is 0 Å². The van der Waals surface area contributed by atoms with Gasteiger partial charge < -0.3 is 0 Å². The van der Waals surface area contributed by atoms with Gasteiger partial charge in [-0.1, -0.05) is 37.6 Å². The Balaban J connectivity index is 0.000000606. The van der Waals surface area contributed by atoms with Crippen LogP contribution in [-0.2, 0) is 0 Å². The van der Waals surface area contributed by atoms with E-state index in [1.807, 2.05) is 39.0 Å². The number of hydrogen-bond acceptors (Lipinski definition) is 2. The van der Waals surface area contributed by atoms with Crippen molar-refractivity contribution in [3.8, 4) is 0 Å². The van der Waals surface area contributed by atoms with Gasteiger partial charge in [0.15, 0.2) is 0 Å². The molecule has 0 spiro atoms. The van der Waals surface area contributed by atoms with Crippen molar-refractivity contribution in [1.82, 2.24) is 0 Å². The molecule has 0 saturated heterocycles. The average Bonchev–Trinajstić information content (AvgIpc) is 2.30. The van der Waals surface area contributed by atoms with Crippen LogP contribution in [0.25, 0.3) is 10.8 Å². The van der Waals surface area contributed by atoms with Crippen LogP contribution in [0.5, 0.6) is 0 Å². The predicted molar refractivity (Wildman–Crippen MR) is 66.7 cm³/mol. The Kier molecular flexibility index (Phi) is 4.00. The zero-order valence-corrected chi connectivity index (χ0v) is 9.73. The Labute approximate surface area is 94.9 Å². The summed E-state index contributed by atoms with van der Waals surface area (Å²) in [6, 6.07) is 10.8. The molecule has 0 aliphatic rings. The summed E-state index contributed by atoms with van der Waals surface area (Å²) in [6.07, 6.45) is 0. The molecule has 0 unspecified atom stereocenters. The van der Waals surface area contributed by atoms with Crippen molar-refractivity contribution in [3.05, 3.63) is 52.1 Å². The van der Waals surface area contributed by atoms with Gasteiger partial charge in [-0.05, 0) is 23.8 Å². The van der Waals surface area contributed by atoms with Gasteiger partial charge in [0.05, 0.1) is 4.92 Å². The second-order valence-corrected chi connectivity index (χ2v) is 3.29. The lowest BCUT2D eigenvalue weighted by atomic mass is 10.1. The van der Waals surface area contributed by atoms with E-state index >= 15 is 0 Å². The summed E-state index contributed by atoms with van der Waals surface area (Å²) in [7, 11) is 0. The molecule has 16 heavy (non-hydrogen) atoms. The number of nitrogens with zero attached hydrogens (tertiary/aromatic N) is 1. The number of aryl methyl sites for hydroxylation is 1. The third-order valence-corrected chi connectivity index (χ3v) is 2.19. The second-order valence-electron chi connectivity index (χ2n) is 3.29. The molecule has 2 aromatic rings. The van der Waals surface area contributed by atoms with Crippen molar-refractivity contribution in [2.24, 2.45) is 0 Å². The first-order chi connectivity index (χ1) is 7.66. The fourth-order valence-electron chi connectivity index (χ4n) is 1.47. The number of rotatable bonds is 1. The first-order valence-corrected chi connectivity index (χ1v) is 5.31. The molecule has 0 aliphatic heterocycles. The van der Waals surface area contributed by atoms with Crippen LogP contribution in [0.2, 0.25) is 0 Å². The molecule has 2 aromatic carbocycles. The molecule has 0 bridgehead atoms. The van der Waals surface area contributed by atoms with Gasteiger partial charge in [0.2, 0.25) is 0 Å². The summed E-state index contributed by atoms with van der Waals surface area (Å²) in [6.45, 7) is 5.97. The summed E-state index contributed by atoms with van der Waals surface area (Å²) in [5.74, 6) is 0. The number of non-ortho nitro benzene ring substituents is 1. The fraction of sp³-hybridized carbons (Fsp3) is 0.231. The molecule has 3 nitrogen and oxygen atoms in total. The van der Waals surface area contributed by atoms with Crippen LogP contribution in [-0.4, -0.2) is 4.92 Å². The van der Waals surface area contributed by atoms with Crippen LogP contribution in [0.4, 0.5) is 5.69 Å². The highest BCUT2D eigenvalue weighted by molar-refractivity contribution is 5.85. The van der Waals surface area contributed by atoms with E-state index in [9.17, 15) is 10.1 Å². The monoisotopic (exact) mass is 217 g/mol. The number of nitro groups is 1. The maximum Gasteiger partial charge on any atom is 0.270 e. The Morgan fingerprint density at radius 2 is 1.62 bits per heavy atom. The minimum atomic E-state index is -0.373. The van der Waals surface area contributed by atoms with Crippen LogP contribution < -0.4 is 0 Å². The molecular weight excluding hydrogens is 202 g/mol. The van der Waals surface area contributed by atoms with E-state index in [0.717, 1.165) is 16.3 Å². The lowest BCUT2D eigenvalue weighted by Crippen LogP contribution is -1.87. The molecule has 0 N–H and O–H groups in total. The van der Waals surface area contributed by atoms with E-state index in [-0.39, 0.29) is 10.6 Å². The lowest BCUT2D eigenvalue weighted by Gasteiger charge is -1.98. The van der Waals surface area contributed by atoms with E-state index in [2.05, 4.69) is 0 Å². The van der Waals surface area contributed by atoms with Crippen LogP contribution in [0.15, 0.2) is 36.4 Å². The van der Waals surface area contributed by atoms with Crippen molar-refractivity contribution in [1.29, 1.82) is 0 Å². The Morgan fingerprint density at radius 3 is 2.25 bits per heavy atom. The van der Waals surface area contributed by atoms with E-state index < -0.39 is 0 Å². The lowest BCUT2D eigenvalue weighted by molar-refractivity contribution is -0.384. The topological polar surface area (TPSA) is 43.1 Å².